The Morgan fingerprint density at radius 1 is 0.829 bits per heavy atom. The van der Waals surface area contributed by atoms with Crippen molar-refractivity contribution in [3.05, 3.63) is 106 Å². The van der Waals surface area contributed by atoms with Gasteiger partial charge < -0.3 is 4.90 Å². The lowest BCUT2D eigenvalue weighted by Crippen LogP contribution is -2.62. The molecule has 1 N–H and O–H groups in total. The maximum Gasteiger partial charge on any atom is 0.255 e. The number of imide groups is 1. The van der Waals surface area contributed by atoms with Crippen molar-refractivity contribution in [1.29, 1.82) is 0 Å². The number of carbonyl (C=O) groups excluding carboxylic acids is 3. The van der Waals surface area contributed by atoms with Gasteiger partial charge in [-0.25, -0.2) is 4.39 Å². The van der Waals surface area contributed by atoms with Crippen LogP contribution in [0, 0.1) is 5.82 Å². The molecule has 2 bridgehead atoms. The third-order valence-electron chi connectivity index (χ3n) is 9.35. The highest BCUT2D eigenvalue weighted by Gasteiger charge is 2.44. The van der Waals surface area contributed by atoms with Crippen LogP contribution in [0.4, 0.5) is 4.39 Å². The number of piperazine rings is 1. The molecule has 0 aliphatic carbocycles. The van der Waals surface area contributed by atoms with Crippen molar-refractivity contribution in [2.75, 3.05) is 13.1 Å². The van der Waals surface area contributed by atoms with E-state index in [0.29, 0.717) is 35.3 Å². The molecule has 3 aromatic rings. The fourth-order valence-corrected chi connectivity index (χ4v) is 7.30. The number of hydrogen-bond acceptors (Lipinski definition) is 5. The molecule has 4 saturated heterocycles. The Bertz CT molecular complexity index is 1460. The molecule has 8 heteroatoms. The van der Waals surface area contributed by atoms with Gasteiger partial charge in [-0.15, -0.1) is 0 Å². The molecule has 5 heterocycles. The molecule has 3 unspecified atom stereocenters. The normalized spacial score (nSPS) is 24.7. The third-order valence-corrected chi connectivity index (χ3v) is 9.35. The minimum Gasteiger partial charge on any atom is -0.322 e. The predicted octanol–water partition coefficient (Wildman–Crippen LogP) is 4.02. The molecule has 3 amide bonds. The van der Waals surface area contributed by atoms with Gasteiger partial charge in [-0.3, -0.25) is 29.5 Å². The summed E-state index contributed by atoms with van der Waals surface area (Å²) < 4.78 is 15.9. The number of carbonyl (C=O) groups is 3. The maximum absolute atomic E-state index is 15.9. The van der Waals surface area contributed by atoms with E-state index in [1.165, 1.54) is 16.0 Å². The fourth-order valence-electron chi connectivity index (χ4n) is 7.30. The minimum absolute atomic E-state index is 0.0514. The first-order valence-electron chi connectivity index (χ1n) is 14.5. The molecule has 210 valence electrons. The maximum atomic E-state index is 15.9. The summed E-state index contributed by atoms with van der Waals surface area (Å²) in [5, 5.41) is 2.31. The molecule has 5 aliphatic heterocycles. The SMILES string of the molecule is O=C1CCC(N2Cc3c(ccc(CN4CC5CCC4CN5C(c4ccccc4)c4ccccc4)c3F)C2=O)C(=O)N1. The highest BCUT2D eigenvalue weighted by atomic mass is 19.1. The standard InChI is InChI=1S/C33H33FN4O3/c34-30-23(11-14-26-27(30)20-38(33(26)41)28-15-16-29(39)35-32(28)40)17-36-18-25-13-12-24(36)19-37(25)31(21-7-3-1-4-8-21)22-9-5-2-6-10-22/h1-11,14,24-25,28,31H,12-13,15-20H2,(H,35,39,40). The molecule has 3 atom stereocenters. The van der Waals surface area contributed by atoms with E-state index in [0.717, 1.165) is 25.9 Å². The first-order valence-corrected chi connectivity index (χ1v) is 14.5. The van der Waals surface area contributed by atoms with Crippen molar-refractivity contribution >= 4 is 17.7 Å². The van der Waals surface area contributed by atoms with E-state index in [1.54, 1.807) is 12.1 Å². The Kier molecular flexibility index (Phi) is 6.67. The average Bonchev–Trinajstić information content (AvgIpc) is 3.33. The van der Waals surface area contributed by atoms with Gasteiger partial charge >= 0.3 is 0 Å². The van der Waals surface area contributed by atoms with E-state index in [2.05, 4.69) is 75.8 Å². The number of halogens is 1. The summed E-state index contributed by atoms with van der Waals surface area (Å²) in [6, 6.07) is 24.9. The van der Waals surface area contributed by atoms with E-state index >= 15 is 4.39 Å². The van der Waals surface area contributed by atoms with Gasteiger partial charge in [0.1, 0.15) is 11.9 Å². The monoisotopic (exact) mass is 552 g/mol. The van der Waals surface area contributed by atoms with E-state index < -0.39 is 11.9 Å². The summed E-state index contributed by atoms with van der Waals surface area (Å²) in [7, 11) is 0. The van der Waals surface area contributed by atoms with Crippen LogP contribution in [0.2, 0.25) is 0 Å². The Balaban J connectivity index is 1.09. The van der Waals surface area contributed by atoms with Gasteiger partial charge in [0.25, 0.3) is 5.91 Å². The molecular formula is C33H33FN4O3. The lowest BCUT2D eigenvalue weighted by atomic mass is 9.85. The van der Waals surface area contributed by atoms with Gasteiger partial charge in [0.2, 0.25) is 11.8 Å². The van der Waals surface area contributed by atoms with E-state index in [1.807, 2.05) is 0 Å². The molecule has 41 heavy (non-hydrogen) atoms. The van der Waals surface area contributed by atoms with Crippen molar-refractivity contribution in [2.45, 2.75) is 62.9 Å². The van der Waals surface area contributed by atoms with Crippen molar-refractivity contribution < 1.29 is 18.8 Å². The van der Waals surface area contributed by atoms with Crippen molar-refractivity contribution in [2.24, 2.45) is 0 Å². The smallest absolute Gasteiger partial charge is 0.255 e. The zero-order chi connectivity index (χ0) is 28.1. The third kappa shape index (κ3) is 4.65. The van der Waals surface area contributed by atoms with E-state index in [4.69, 9.17) is 0 Å². The number of piperidine rings is 3. The first kappa shape index (κ1) is 26.0. The van der Waals surface area contributed by atoms with Gasteiger partial charge in [-0.05, 0) is 36.5 Å². The van der Waals surface area contributed by atoms with Crippen LogP contribution in [-0.4, -0.2) is 63.6 Å². The quantitative estimate of drug-likeness (QED) is 0.468. The number of amides is 3. The van der Waals surface area contributed by atoms with Gasteiger partial charge in [-0.1, -0.05) is 66.7 Å². The molecule has 4 fully saturated rings. The molecule has 5 aliphatic rings. The Morgan fingerprint density at radius 3 is 2.15 bits per heavy atom. The zero-order valence-corrected chi connectivity index (χ0v) is 22.8. The summed E-state index contributed by atoms with van der Waals surface area (Å²) in [5.41, 5.74) is 3.83. The number of nitrogens with zero attached hydrogens (tertiary/aromatic N) is 3. The van der Waals surface area contributed by atoms with Gasteiger partial charge in [0, 0.05) is 54.8 Å². The fraction of sp³-hybridized carbons (Fsp3) is 0.364. The number of nitrogens with one attached hydrogen (secondary N) is 1. The highest BCUT2D eigenvalue weighted by Crippen LogP contribution is 2.39. The van der Waals surface area contributed by atoms with Crippen LogP contribution < -0.4 is 5.32 Å². The summed E-state index contributed by atoms with van der Waals surface area (Å²) in [6.07, 6.45) is 2.62. The van der Waals surface area contributed by atoms with E-state index in [-0.39, 0.29) is 43.1 Å². The van der Waals surface area contributed by atoms with Crippen LogP contribution in [0.3, 0.4) is 0 Å². The summed E-state index contributed by atoms with van der Waals surface area (Å²) >= 11 is 0. The Labute approximate surface area is 238 Å². The Morgan fingerprint density at radius 2 is 1.51 bits per heavy atom. The van der Waals surface area contributed by atoms with Crippen molar-refractivity contribution in [1.82, 2.24) is 20.0 Å². The van der Waals surface area contributed by atoms with Crippen LogP contribution in [0.5, 0.6) is 0 Å². The second-order valence-corrected chi connectivity index (χ2v) is 11.7. The lowest BCUT2D eigenvalue weighted by molar-refractivity contribution is -0.136. The van der Waals surface area contributed by atoms with Crippen molar-refractivity contribution in [3.63, 3.8) is 0 Å². The molecule has 7 nitrogen and oxygen atoms in total. The summed E-state index contributed by atoms with van der Waals surface area (Å²) in [4.78, 5) is 43.5. The van der Waals surface area contributed by atoms with Crippen LogP contribution in [0.15, 0.2) is 72.8 Å². The lowest BCUT2D eigenvalue weighted by Gasteiger charge is -2.54. The van der Waals surface area contributed by atoms with E-state index in [9.17, 15) is 14.4 Å². The molecule has 3 aromatic carbocycles. The van der Waals surface area contributed by atoms with Crippen LogP contribution in [0.25, 0.3) is 0 Å². The van der Waals surface area contributed by atoms with Gasteiger partial charge in [0.15, 0.2) is 0 Å². The number of hydrogen-bond donors (Lipinski definition) is 1. The average molecular weight is 553 g/mol. The first-order chi connectivity index (χ1) is 20.0. The van der Waals surface area contributed by atoms with Crippen molar-refractivity contribution in [3.8, 4) is 0 Å². The van der Waals surface area contributed by atoms with Crippen LogP contribution >= 0.6 is 0 Å². The zero-order valence-electron chi connectivity index (χ0n) is 22.8. The second kappa shape index (κ2) is 10.5. The van der Waals surface area contributed by atoms with Gasteiger partial charge in [-0.2, -0.15) is 0 Å². The highest BCUT2D eigenvalue weighted by molar-refractivity contribution is 6.05. The molecule has 8 rings (SSSR count). The summed E-state index contributed by atoms with van der Waals surface area (Å²) in [5.74, 6) is -1.52. The molecule has 0 aromatic heterocycles. The number of benzene rings is 3. The molecule has 0 spiro atoms. The molecule has 0 saturated carbocycles. The molecule has 0 radical (unpaired) electrons. The van der Waals surface area contributed by atoms with Crippen LogP contribution in [-0.2, 0) is 22.7 Å². The van der Waals surface area contributed by atoms with Crippen LogP contribution in [0.1, 0.15) is 64.3 Å². The minimum atomic E-state index is -0.749. The largest absolute Gasteiger partial charge is 0.322 e. The number of fused-ring (bicyclic) bond motifs is 4. The Hall–Kier alpha value is -3.88. The van der Waals surface area contributed by atoms with Gasteiger partial charge in [0.05, 0.1) is 12.6 Å². The second-order valence-electron chi connectivity index (χ2n) is 11.7. The topological polar surface area (TPSA) is 73.0 Å². The predicted molar refractivity (Wildman–Crippen MR) is 151 cm³/mol. The molecular weight excluding hydrogens is 519 g/mol. The number of rotatable bonds is 6. The summed E-state index contributed by atoms with van der Waals surface area (Å²) in [6.45, 7) is 2.31.